The van der Waals surface area contributed by atoms with Crippen LogP contribution in [0.5, 0.6) is 0 Å². The molecular weight excluding hydrogens is 162 g/mol. The van der Waals surface area contributed by atoms with Gasteiger partial charge in [-0.25, -0.2) is 0 Å². The molecule has 72 valence electrons. The first-order chi connectivity index (χ1) is 6.08. The number of hydrogen-bond donors (Lipinski definition) is 2. The first-order valence-corrected chi connectivity index (χ1v) is 4.87. The fourth-order valence-corrected chi connectivity index (χ4v) is 2.31. The van der Waals surface area contributed by atoms with E-state index >= 15 is 0 Å². The van der Waals surface area contributed by atoms with Gasteiger partial charge in [-0.05, 0) is 24.7 Å². The molecule has 1 aliphatic rings. The van der Waals surface area contributed by atoms with E-state index in [9.17, 15) is 0 Å². The first-order valence-electron chi connectivity index (χ1n) is 4.87. The van der Waals surface area contributed by atoms with Crippen LogP contribution < -0.4 is 5.73 Å². The number of nitrogen functional groups attached to an aromatic ring is 1. The molecular formula is C10H17N3. The van der Waals surface area contributed by atoms with Gasteiger partial charge in [-0.2, -0.15) is 5.10 Å². The fraction of sp³-hybridized carbons (Fsp3) is 0.700. The van der Waals surface area contributed by atoms with Crippen molar-refractivity contribution in [1.82, 2.24) is 10.2 Å². The van der Waals surface area contributed by atoms with Crippen LogP contribution in [-0.2, 0) is 0 Å². The van der Waals surface area contributed by atoms with E-state index in [1.807, 2.05) is 0 Å². The number of aromatic amines is 1. The zero-order valence-electron chi connectivity index (χ0n) is 8.30. The first kappa shape index (κ1) is 8.60. The van der Waals surface area contributed by atoms with Crippen LogP contribution in [0.3, 0.4) is 0 Å². The van der Waals surface area contributed by atoms with Gasteiger partial charge in [0.05, 0.1) is 17.6 Å². The van der Waals surface area contributed by atoms with Gasteiger partial charge in [-0.1, -0.05) is 13.8 Å². The molecule has 1 fully saturated rings. The number of H-pyrrole nitrogens is 1. The maximum atomic E-state index is 5.82. The van der Waals surface area contributed by atoms with Gasteiger partial charge in [0.2, 0.25) is 0 Å². The summed E-state index contributed by atoms with van der Waals surface area (Å²) in [7, 11) is 0. The summed E-state index contributed by atoms with van der Waals surface area (Å²) in [6.45, 7) is 4.64. The molecule has 1 aromatic rings. The predicted octanol–water partition coefficient (Wildman–Crippen LogP) is 2.29. The Morgan fingerprint density at radius 3 is 2.85 bits per heavy atom. The molecule has 0 saturated heterocycles. The molecule has 1 unspecified atom stereocenters. The quantitative estimate of drug-likeness (QED) is 0.695. The fourth-order valence-electron chi connectivity index (χ4n) is 2.31. The summed E-state index contributed by atoms with van der Waals surface area (Å²) in [6, 6.07) is 0. The van der Waals surface area contributed by atoms with Crippen LogP contribution in [0.1, 0.15) is 44.7 Å². The van der Waals surface area contributed by atoms with Crippen molar-refractivity contribution in [3.63, 3.8) is 0 Å². The Bertz CT molecular complexity index is 301. The standard InChI is InChI=1S/C10H17N3/c1-10(2)4-3-7(5-10)9-8(11)6-12-13-9/h6-7H,3-5,11H2,1-2H3,(H,12,13). The summed E-state index contributed by atoms with van der Waals surface area (Å²) in [5.41, 5.74) is 8.26. The van der Waals surface area contributed by atoms with Gasteiger partial charge in [-0.3, -0.25) is 5.10 Å². The van der Waals surface area contributed by atoms with E-state index in [0.29, 0.717) is 11.3 Å². The summed E-state index contributed by atoms with van der Waals surface area (Å²) in [5.74, 6) is 0.595. The maximum Gasteiger partial charge on any atom is 0.0733 e. The maximum absolute atomic E-state index is 5.82. The topological polar surface area (TPSA) is 54.7 Å². The van der Waals surface area contributed by atoms with E-state index < -0.39 is 0 Å². The molecule has 0 radical (unpaired) electrons. The molecule has 0 spiro atoms. The number of nitrogens with two attached hydrogens (primary N) is 1. The van der Waals surface area contributed by atoms with Gasteiger partial charge in [-0.15, -0.1) is 0 Å². The minimum Gasteiger partial charge on any atom is -0.396 e. The molecule has 0 aromatic carbocycles. The van der Waals surface area contributed by atoms with E-state index in [0.717, 1.165) is 11.4 Å². The molecule has 13 heavy (non-hydrogen) atoms. The van der Waals surface area contributed by atoms with Gasteiger partial charge in [0.25, 0.3) is 0 Å². The van der Waals surface area contributed by atoms with Gasteiger partial charge >= 0.3 is 0 Å². The van der Waals surface area contributed by atoms with Crippen LogP contribution in [0, 0.1) is 5.41 Å². The Balaban J connectivity index is 2.17. The molecule has 0 bridgehead atoms. The number of nitrogens with one attached hydrogen (secondary N) is 1. The zero-order valence-corrected chi connectivity index (χ0v) is 8.30. The monoisotopic (exact) mass is 179 g/mol. The average Bonchev–Trinajstić information content (AvgIpc) is 2.56. The smallest absolute Gasteiger partial charge is 0.0733 e. The van der Waals surface area contributed by atoms with E-state index in [2.05, 4.69) is 24.0 Å². The molecule has 3 nitrogen and oxygen atoms in total. The van der Waals surface area contributed by atoms with Crippen LogP contribution >= 0.6 is 0 Å². The highest BCUT2D eigenvalue weighted by atomic mass is 15.1. The molecule has 2 rings (SSSR count). The average molecular weight is 179 g/mol. The minimum atomic E-state index is 0.474. The Hall–Kier alpha value is -0.990. The third-order valence-corrected chi connectivity index (χ3v) is 3.08. The zero-order chi connectivity index (χ0) is 9.47. The molecule has 3 heteroatoms. The van der Waals surface area contributed by atoms with Crippen molar-refractivity contribution in [2.24, 2.45) is 5.41 Å². The Kier molecular flexibility index (Phi) is 1.82. The predicted molar refractivity (Wildman–Crippen MR) is 53.4 cm³/mol. The van der Waals surface area contributed by atoms with Gasteiger partial charge in [0.15, 0.2) is 0 Å². The SMILES string of the molecule is CC1(C)CCC(c2[nH]ncc2N)C1. The molecule has 1 aliphatic carbocycles. The summed E-state index contributed by atoms with van der Waals surface area (Å²) >= 11 is 0. The molecule has 3 N–H and O–H groups in total. The highest BCUT2D eigenvalue weighted by molar-refractivity contribution is 5.42. The van der Waals surface area contributed by atoms with Crippen LogP contribution in [-0.4, -0.2) is 10.2 Å². The lowest BCUT2D eigenvalue weighted by molar-refractivity contribution is 0.375. The van der Waals surface area contributed by atoms with Crippen molar-refractivity contribution in [3.05, 3.63) is 11.9 Å². The molecule has 1 heterocycles. The number of rotatable bonds is 1. The summed E-state index contributed by atoms with van der Waals surface area (Å²) in [6.07, 6.45) is 5.45. The van der Waals surface area contributed by atoms with E-state index in [1.54, 1.807) is 6.20 Å². The molecule has 0 aliphatic heterocycles. The number of aromatic nitrogens is 2. The molecule has 1 saturated carbocycles. The summed E-state index contributed by atoms with van der Waals surface area (Å²) in [5, 5.41) is 6.97. The second-order valence-corrected chi connectivity index (χ2v) is 4.84. The lowest BCUT2D eigenvalue weighted by Crippen LogP contribution is -2.05. The summed E-state index contributed by atoms with van der Waals surface area (Å²) < 4.78 is 0. The number of hydrogen-bond acceptors (Lipinski definition) is 2. The van der Waals surface area contributed by atoms with Crippen molar-refractivity contribution < 1.29 is 0 Å². The van der Waals surface area contributed by atoms with Crippen LogP contribution in [0.25, 0.3) is 0 Å². The second kappa shape index (κ2) is 2.76. The van der Waals surface area contributed by atoms with Gasteiger partial charge in [0, 0.05) is 5.92 Å². The van der Waals surface area contributed by atoms with Crippen LogP contribution in [0.2, 0.25) is 0 Å². The number of anilines is 1. The van der Waals surface area contributed by atoms with E-state index in [-0.39, 0.29) is 0 Å². The van der Waals surface area contributed by atoms with Crippen molar-refractivity contribution in [2.45, 2.75) is 39.0 Å². The van der Waals surface area contributed by atoms with Crippen molar-refractivity contribution in [1.29, 1.82) is 0 Å². The Morgan fingerprint density at radius 2 is 2.38 bits per heavy atom. The second-order valence-electron chi connectivity index (χ2n) is 4.84. The third kappa shape index (κ3) is 1.55. The van der Waals surface area contributed by atoms with Crippen molar-refractivity contribution in [2.75, 3.05) is 5.73 Å². The summed E-state index contributed by atoms with van der Waals surface area (Å²) in [4.78, 5) is 0. The molecule has 1 atom stereocenters. The Labute approximate surface area is 78.7 Å². The largest absolute Gasteiger partial charge is 0.396 e. The van der Waals surface area contributed by atoms with E-state index in [1.165, 1.54) is 19.3 Å². The molecule has 1 aromatic heterocycles. The van der Waals surface area contributed by atoms with Crippen LogP contribution in [0.15, 0.2) is 6.20 Å². The highest BCUT2D eigenvalue weighted by Gasteiger charge is 2.33. The van der Waals surface area contributed by atoms with Crippen molar-refractivity contribution in [3.8, 4) is 0 Å². The third-order valence-electron chi connectivity index (χ3n) is 3.08. The van der Waals surface area contributed by atoms with Gasteiger partial charge < -0.3 is 5.73 Å². The normalized spacial score (nSPS) is 26.5. The lowest BCUT2D eigenvalue weighted by Gasteiger charge is -2.16. The highest BCUT2D eigenvalue weighted by Crippen LogP contribution is 2.46. The number of nitrogens with zero attached hydrogens (tertiary/aromatic N) is 1. The van der Waals surface area contributed by atoms with Gasteiger partial charge in [0.1, 0.15) is 0 Å². The Morgan fingerprint density at radius 1 is 1.62 bits per heavy atom. The van der Waals surface area contributed by atoms with Crippen LogP contribution in [0.4, 0.5) is 5.69 Å². The molecule has 0 amide bonds. The van der Waals surface area contributed by atoms with E-state index in [4.69, 9.17) is 5.73 Å². The lowest BCUT2D eigenvalue weighted by atomic mass is 9.90. The van der Waals surface area contributed by atoms with Crippen molar-refractivity contribution >= 4 is 5.69 Å². The minimum absolute atomic E-state index is 0.474.